The minimum absolute atomic E-state index is 0.0852. The zero-order valence-electron chi connectivity index (χ0n) is 18.8. The molecule has 1 heterocycles. The molecule has 0 bridgehead atoms. The molecule has 1 aromatic heterocycles. The molecule has 3 aromatic carbocycles. The number of amides is 1. The van der Waals surface area contributed by atoms with Crippen LogP contribution in [0.2, 0.25) is 0 Å². The number of rotatable bonds is 7. The Morgan fingerprint density at radius 2 is 1.73 bits per heavy atom. The van der Waals surface area contributed by atoms with E-state index in [2.05, 4.69) is 15.3 Å². The second kappa shape index (κ2) is 9.92. The first kappa shape index (κ1) is 22.6. The van der Waals surface area contributed by atoms with Gasteiger partial charge in [0.2, 0.25) is 5.91 Å². The molecule has 0 spiro atoms. The van der Waals surface area contributed by atoms with E-state index in [1.165, 1.54) is 11.8 Å². The van der Waals surface area contributed by atoms with Crippen molar-refractivity contribution in [1.29, 1.82) is 0 Å². The summed E-state index contributed by atoms with van der Waals surface area (Å²) >= 11 is 1.53. The largest absolute Gasteiger partial charge is 0.497 e. The fourth-order valence-corrected chi connectivity index (χ4v) is 4.23. The number of carbonyl (C=O) groups excluding carboxylic acids is 1. The number of fused-ring (bicyclic) bond motifs is 1. The number of anilines is 1. The van der Waals surface area contributed by atoms with Gasteiger partial charge in [-0.25, -0.2) is 4.98 Å². The zero-order valence-corrected chi connectivity index (χ0v) is 19.6. The molecule has 7 heteroatoms. The lowest BCUT2D eigenvalue weighted by atomic mass is 10.1. The van der Waals surface area contributed by atoms with Gasteiger partial charge in [0.1, 0.15) is 11.4 Å². The third-order valence-electron chi connectivity index (χ3n) is 5.42. The summed E-state index contributed by atoms with van der Waals surface area (Å²) < 4.78 is 5.14. The Hall–Kier alpha value is -3.58. The molecule has 0 fully saturated rings. The van der Waals surface area contributed by atoms with Crippen molar-refractivity contribution in [2.75, 3.05) is 12.4 Å². The second-order valence-corrected chi connectivity index (χ2v) is 8.90. The number of carbonyl (C=O) groups is 1. The van der Waals surface area contributed by atoms with Crippen molar-refractivity contribution in [1.82, 2.24) is 9.97 Å². The van der Waals surface area contributed by atoms with E-state index in [0.29, 0.717) is 11.4 Å². The molecule has 4 aromatic rings. The highest BCUT2D eigenvalue weighted by Crippen LogP contribution is 2.24. The van der Waals surface area contributed by atoms with Crippen LogP contribution in [0.15, 0.2) is 70.4 Å². The predicted octanol–water partition coefficient (Wildman–Crippen LogP) is 5.02. The first-order valence-electron chi connectivity index (χ1n) is 10.6. The van der Waals surface area contributed by atoms with E-state index in [1.807, 2.05) is 74.5 Å². The summed E-state index contributed by atoms with van der Waals surface area (Å²) in [7, 11) is 1.61. The Bertz CT molecular complexity index is 1350. The molecule has 0 saturated carbocycles. The van der Waals surface area contributed by atoms with Crippen molar-refractivity contribution < 1.29 is 9.53 Å². The van der Waals surface area contributed by atoms with Crippen LogP contribution in [0.4, 0.5) is 5.69 Å². The topological polar surface area (TPSA) is 84.1 Å². The number of nitrogens with one attached hydrogen (secondary N) is 2. The number of ether oxygens (including phenoxy) is 1. The smallest absolute Gasteiger partial charge is 0.271 e. The first-order chi connectivity index (χ1) is 15.9. The summed E-state index contributed by atoms with van der Waals surface area (Å²) in [5.74, 6) is 1.14. The lowest BCUT2D eigenvalue weighted by Gasteiger charge is -2.08. The molecule has 6 nitrogen and oxygen atoms in total. The van der Waals surface area contributed by atoms with Gasteiger partial charge in [0, 0.05) is 16.3 Å². The number of nitrogens with zero attached hydrogens (tertiary/aromatic N) is 1. The van der Waals surface area contributed by atoms with E-state index in [1.54, 1.807) is 7.11 Å². The van der Waals surface area contributed by atoms with Gasteiger partial charge in [-0.3, -0.25) is 9.59 Å². The summed E-state index contributed by atoms with van der Waals surface area (Å²) in [4.78, 5) is 33.2. The van der Waals surface area contributed by atoms with Crippen LogP contribution in [0, 0.1) is 13.8 Å². The Morgan fingerprint density at radius 3 is 2.42 bits per heavy atom. The molecule has 33 heavy (non-hydrogen) atoms. The highest BCUT2D eigenvalue weighted by molar-refractivity contribution is 7.98. The minimum atomic E-state index is -0.166. The van der Waals surface area contributed by atoms with Gasteiger partial charge in [-0.1, -0.05) is 12.1 Å². The normalized spacial score (nSPS) is 10.9. The average Bonchev–Trinajstić information content (AvgIpc) is 2.80. The molecule has 4 rings (SSSR count). The molecule has 0 saturated heterocycles. The summed E-state index contributed by atoms with van der Waals surface area (Å²) in [5.41, 5.74) is 5.79. The maximum Gasteiger partial charge on any atom is 0.271 e. The van der Waals surface area contributed by atoms with Crippen LogP contribution in [0.3, 0.4) is 0 Å². The van der Waals surface area contributed by atoms with Gasteiger partial charge in [0.05, 0.1) is 24.6 Å². The molecular formula is C26H25N3O3S. The van der Waals surface area contributed by atoms with Crippen LogP contribution in [0.1, 0.15) is 22.4 Å². The zero-order chi connectivity index (χ0) is 23.4. The molecular weight excluding hydrogens is 434 g/mol. The molecule has 2 N–H and O–H groups in total. The second-order valence-electron chi connectivity index (χ2n) is 7.85. The number of aryl methyl sites for hydroxylation is 2. The number of benzene rings is 3. The quantitative estimate of drug-likeness (QED) is 0.379. The van der Waals surface area contributed by atoms with Crippen molar-refractivity contribution in [2.24, 2.45) is 0 Å². The van der Waals surface area contributed by atoms with Gasteiger partial charge >= 0.3 is 0 Å². The Labute approximate surface area is 196 Å². The Kier molecular flexibility index (Phi) is 6.79. The standard InChI is InChI=1S/C26H25N3O3S/c1-16-12-22-23(13-17(16)2)29-26(31)24(28-22)15-33-21-10-6-19(7-11-21)27-25(30)14-18-4-8-20(32-3)9-5-18/h4-13H,14-15H2,1-3H3,(H,27,30)(H,29,31). The molecule has 0 aliphatic carbocycles. The first-order valence-corrected chi connectivity index (χ1v) is 11.6. The van der Waals surface area contributed by atoms with E-state index < -0.39 is 0 Å². The molecule has 0 atom stereocenters. The fraction of sp³-hybridized carbons (Fsp3) is 0.192. The third kappa shape index (κ3) is 5.62. The summed E-state index contributed by atoms with van der Waals surface area (Å²) in [6.07, 6.45) is 0.288. The summed E-state index contributed by atoms with van der Waals surface area (Å²) in [6.45, 7) is 4.05. The van der Waals surface area contributed by atoms with Gasteiger partial charge in [-0.05, 0) is 79.1 Å². The lowest BCUT2D eigenvalue weighted by Crippen LogP contribution is -2.14. The van der Waals surface area contributed by atoms with Crippen molar-refractivity contribution in [3.63, 3.8) is 0 Å². The average molecular weight is 460 g/mol. The van der Waals surface area contributed by atoms with Crippen LogP contribution < -0.4 is 15.6 Å². The molecule has 0 radical (unpaired) electrons. The number of thioether (sulfide) groups is 1. The van der Waals surface area contributed by atoms with Crippen LogP contribution in [-0.4, -0.2) is 23.0 Å². The molecule has 0 unspecified atom stereocenters. The van der Waals surface area contributed by atoms with E-state index >= 15 is 0 Å². The van der Waals surface area contributed by atoms with E-state index in [9.17, 15) is 9.59 Å². The third-order valence-corrected chi connectivity index (χ3v) is 6.44. The van der Waals surface area contributed by atoms with Crippen molar-refractivity contribution >= 4 is 34.4 Å². The number of H-pyrrole nitrogens is 1. The summed E-state index contributed by atoms with van der Waals surface area (Å²) in [5, 5.41) is 2.91. The predicted molar refractivity (Wildman–Crippen MR) is 133 cm³/mol. The van der Waals surface area contributed by atoms with Crippen LogP contribution >= 0.6 is 11.8 Å². The number of hydrogen-bond donors (Lipinski definition) is 2. The van der Waals surface area contributed by atoms with Crippen LogP contribution in [0.5, 0.6) is 5.75 Å². The molecule has 168 valence electrons. The molecule has 1 amide bonds. The SMILES string of the molecule is COc1ccc(CC(=O)Nc2ccc(SCc3nc4cc(C)c(C)cc4[nH]c3=O)cc2)cc1. The fourth-order valence-electron chi connectivity index (χ4n) is 3.40. The highest BCUT2D eigenvalue weighted by Gasteiger charge is 2.09. The highest BCUT2D eigenvalue weighted by atomic mass is 32.2. The van der Waals surface area contributed by atoms with Crippen molar-refractivity contribution in [3.05, 3.63) is 93.4 Å². The van der Waals surface area contributed by atoms with Gasteiger partial charge in [0.15, 0.2) is 0 Å². The lowest BCUT2D eigenvalue weighted by molar-refractivity contribution is -0.115. The Morgan fingerprint density at radius 1 is 1.03 bits per heavy atom. The van der Waals surface area contributed by atoms with Gasteiger partial charge in [-0.2, -0.15) is 0 Å². The maximum absolute atomic E-state index is 12.4. The monoisotopic (exact) mass is 459 g/mol. The molecule has 0 aliphatic heterocycles. The molecule has 0 aliphatic rings. The van der Waals surface area contributed by atoms with Gasteiger partial charge < -0.3 is 15.0 Å². The number of aromatic amines is 1. The number of hydrogen-bond acceptors (Lipinski definition) is 5. The van der Waals surface area contributed by atoms with Gasteiger partial charge in [0.25, 0.3) is 5.56 Å². The van der Waals surface area contributed by atoms with E-state index in [4.69, 9.17) is 4.74 Å². The number of methoxy groups -OCH3 is 1. The number of aromatic nitrogens is 2. The minimum Gasteiger partial charge on any atom is -0.497 e. The van der Waals surface area contributed by atoms with Crippen LogP contribution in [0.25, 0.3) is 11.0 Å². The van der Waals surface area contributed by atoms with Crippen molar-refractivity contribution in [3.8, 4) is 5.75 Å². The van der Waals surface area contributed by atoms with E-state index in [-0.39, 0.29) is 17.9 Å². The Balaban J connectivity index is 1.36. The van der Waals surface area contributed by atoms with Gasteiger partial charge in [-0.15, -0.1) is 11.8 Å². The van der Waals surface area contributed by atoms with Crippen molar-refractivity contribution in [2.45, 2.75) is 30.9 Å². The summed E-state index contributed by atoms with van der Waals surface area (Å²) in [6, 6.07) is 19.0. The van der Waals surface area contributed by atoms with Crippen LogP contribution in [-0.2, 0) is 17.0 Å². The maximum atomic E-state index is 12.4. The van der Waals surface area contributed by atoms with E-state index in [0.717, 1.165) is 44.1 Å².